The zero-order valence-electron chi connectivity index (χ0n) is 11.3. The van der Waals surface area contributed by atoms with Crippen molar-refractivity contribution in [2.24, 2.45) is 5.73 Å². The van der Waals surface area contributed by atoms with Gasteiger partial charge in [0.05, 0.1) is 0 Å². The summed E-state index contributed by atoms with van der Waals surface area (Å²) in [6.07, 6.45) is 7.15. The van der Waals surface area contributed by atoms with Crippen LogP contribution in [0.4, 0.5) is 10.1 Å². The van der Waals surface area contributed by atoms with E-state index in [0.29, 0.717) is 17.3 Å². The van der Waals surface area contributed by atoms with Crippen molar-refractivity contribution in [3.63, 3.8) is 0 Å². The molecule has 0 spiro atoms. The van der Waals surface area contributed by atoms with E-state index in [-0.39, 0.29) is 11.4 Å². The Labute approximate surface area is 113 Å². The minimum Gasteiger partial charge on any atom is -0.382 e. The molecule has 19 heavy (non-hydrogen) atoms. The quantitative estimate of drug-likeness (QED) is 0.822. The van der Waals surface area contributed by atoms with Gasteiger partial charge in [-0.15, -0.1) is 0 Å². The summed E-state index contributed by atoms with van der Waals surface area (Å²) in [6.45, 7) is 1.72. The summed E-state index contributed by atoms with van der Waals surface area (Å²) in [4.78, 5) is 11.2. The highest BCUT2D eigenvalue weighted by Gasteiger charge is 2.15. The first-order valence-electron chi connectivity index (χ1n) is 6.94. The number of hydrogen-bond donors (Lipinski definition) is 2. The molecule has 0 atom stereocenters. The van der Waals surface area contributed by atoms with E-state index in [2.05, 4.69) is 5.32 Å². The van der Waals surface area contributed by atoms with Crippen molar-refractivity contribution in [2.45, 2.75) is 51.5 Å². The summed E-state index contributed by atoms with van der Waals surface area (Å²) in [5.74, 6) is -0.977. The molecule has 1 amide bonds. The maximum Gasteiger partial charge on any atom is 0.248 e. The Hall–Kier alpha value is -1.58. The van der Waals surface area contributed by atoms with Gasteiger partial charge in [-0.2, -0.15) is 0 Å². The monoisotopic (exact) mass is 264 g/mol. The number of hydrogen-bond acceptors (Lipinski definition) is 2. The summed E-state index contributed by atoms with van der Waals surface area (Å²) < 4.78 is 13.8. The number of halogens is 1. The average molecular weight is 264 g/mol. The maximum absolute atomic E-state index is 13.8. The molecule has 3 nitrogen and oxygen atoms in total. The molecule has 2 rings (SSSR count). The molecular formula is C15H21FN2O. The Kier molecular flexibility index (Phi) is 4.40. The van der Waals surface area contributed by atoms with Crippen LogP contribution < -0.4 is 11.1 Å². The number of benzene rings is 1. The van der Waals surface area contributed by atoms with Gasteiger partial charge in [0.25, 0.3) is 0 Å². The molecule has 0 aliphatic heterocycles. The number of anilines is 1. The van der Waals surface area contributed by atoms with Crippen LogP contribution in [0.5, 0.6) is 0 Å². The van der Waals surface area contributed by atoms with Crippen molar-refractivity contribution in [2.75, 3.05) is 5.32 Å². The second kappa shape index (κ2) is 6.04. The van der Waals surface area contributed by atoms with Gasteiger partial charge in [-0.1, -0.05) is 25.7 Å². The smallest absolute Gasteiger partial charge is 0.248 e. The fourth-order valence-electron chi connectivity index (χ4n) is 2.61. The van der Waals surface area contributed by atoms with Crippen LogP contribution in [-0.4, -0.2) is 11.9 Å². The lowest BCUT2D eigenvalue weighted by atomic mass is 10.0. The molecule has 4 heteroatoms. The minimum atomic E-state index is -0.595. The van der Waals surface area contributed by atoms with E-state index < -0.39 is 5.91 Å². The first kappa shape index (κ1) is 13.8. The van der Waals surface area contributed by atoms with Crippen molar-refractivity contribution in [3.8, 4) is 0 Å². The molecule has 0 saturated heterocycles. The number of primary amides is 1. The molecule has 1 aliphatic carbocycles. The molecule has 1 aliphatic rings. The summed E-state index contributed by atoms with van der Waals surface area (Å²) in [7, 11) is 0. The Balaban J connectivity index is 2.20. The number of rotatable bonds is 3. The third kappa shape index (κ3) is 3.46. The van der Waals surface area contributed by atoms with Gasteiger partial charge in [0, 0.05) is 22.9 Å². The van der Waals surface area contributed by atoms with Crippen LogP contribution in [0.2, 0.25) is 0 Å². The van der Waals surface area contributed by atoms with Crippen molar-refractivity contribution >= 4 is 11.6 Å². The molecule has 1 aromatic rings. The summed E-state index contributed by atoms with van der Waals surface area (Å²) in [5.41, 5.74) is 6.69. The van der Waals surface area contributed by atoms with Crippen LogP contribution >= 0.6 is 0 Å². The Bertz CT molecular complexity index is 465. The lowest BCUT2D eigenvalue weighted by Gasteiger charge is -2.20. The predicted octanol–water partition coefficient (Wildman–Crippen LogP) is 3.37. The van der Waals surface area contributed by atoms with Gasteiger partial charge in [0.2, 0.25) is 5.91 Å². The van der Waals surface area contributed by atoms with Crippen LogP contribution in [0, 0.1) is 12.7 Å². The van der Waals surface area contributed by atoms with Crippen LogP contribution in [-0.2, 0) is 0 Å². The number of amides is 1. The third-order valence-electron chi connectivity index (χ3n) is 3.84. The molecule has 0 heterocycles. The second-order valence-corrected chi connectivity index (χ2v) is 5.33. The van der Waals surface area contributed by atoms with Crippen molar-refractivity contribution in [1.29, 1.82) is 0 Å². The molecule has 0 unspecified atom stereocenters. The largest absolute Gasteiger partial charge is 0.382 e. The summed E-state index contributed by atoms with van der Waals surface area (Å²) in [5, 5.41) is 3.38. The normalized spacial score (nSPS) is 16.9. The van der Waals surface area contributed by atoms with Gasteiger partial charge in [-0.05, 0) is 31.9 Å². The number of carbonyl (C=O) groups is 1. The molecular weight excluding hydrogens is 243 g/mol. The van der Waals surface area contributed by atoms with Gasteiger partial charge in [-0.3, -0.25) is 4.79 Å². The van der Waals surface area contributed by atoms with Gasteiger partial charge in [0.15, 0.2) is 0 Å². The van der Waals surface area contributed by atoms with Crippen molar-refractivity contribution < 1.29 is 9.18 Å². The van der Waals surface area contributed by atoms with E-state index in [1.54, 1.807) is 13.0 Å². The van der Waals surface area contributed by atoms with E-state index in [9.17, 15) is 9.18 Å². The Morgan fingerprint density at radius 3 is 2.47 bits per heavy atom. The van der Waals surface area contributed by atoms with E-state index >= 15 is 0 Å². The molecule has 3 N–H and O–H groups in total. The fourth-order valence-corrected chi connectivity index (χ4v) is 2.61. The molecule has 0 aromatic heterocycles. The highest BCUT2D eigenvalue weighted by molar-refractivity contribution is 5.94. The van der Waals surface area contributed by atoms with Crippen molar-refractivity contribution in [1.82, 2.24) is 0 Å². The predicted molar refractivity (Wildman–Crippen MR) is 74.8 cm³/mol. The zero-order valence-corrected chi connectivity index (χ0v) is 11.3. The summed E-state index contributed by atoms with van der Waals surface area (Å²) >= 11 is 0. The van der Waals surface area contributed by atoms with Crippen LogP contribution in [0.3, 0.4) is 0 Å². The van der Waals surface area contributed by atoms with Crippen LogP contribution in [0.25, 0.3) is 0 Å². The molecule has 1 saturated carbocycles. The van der Waals surface area contributed by atoms with Gasteiger partial charge in [0.1, 0.15) is 5.82 Å². The average Bonchev–Trinajstić information content (AvgIpc) is 2.63. The lowest BCUT2D eigenvalue weighted by Crippen LogP contribution is -2.20. The third-order valence-corrected chi connectivity index (χ3v) is 3.84. The van der Waals surface area contributed by atoms with Crippen LogP contribution in [0.1, 0.15) is 54.4 Å². The number of carbonyl (C=O) groups excluding carboxylic acids is 1. The first-order valence-corrected chi connectivity index (χ1v) is 6.94. The highest BCUT2D eigenvalue weighted by atomic mass is 19.1. The van der Waals surface area contributed by atoms with E-state index in [1.165, 1.54) is 31.7 Å². The van der Waals surface area contributed by atoms with Gasteiger partial charge >= 0.3 is 0 Å². The molecule has 0 bridgehead atoms. The standard InChI is InChI=1S/C15H21FN2O/c1-10-13(16)8-11(15(17)19)9-14(10)18-12-6-4-2-3-5-7-12/h8-9,12,18H,2-7H2,1H3,(H2,17,19). The van der Waals surface area contributed by atoms with Crippen molar-refractivity contribution in [3.05, 3.63) is 29.1 Å². The van der Waals surface area contributed by atoms with Gasteiger partial charge < -0.3 is 11.1 Å². The highest BCUT2D eigenvalue weighted by Crippen LogP contribution is 2.25. The van der Waals surface area contributed by atoms with E-state index in [4.69, 9.17) is 5.73 Å². The Morgan fingerprint density at radius 1 is 1.26 bits per heavy atom. The molecule has 104 valence electrons. The lowest BCUT2D eigenvalue weighted by molar-refractivity contribution is 0.1000. The molecule has 0 radical (unpaired) electrons. The van der Waals surface area contributed by atoms with Gasteiger partial charge in [-0.25, -0.2) is 4.39 Å². The topological polar surface area (TPSA) is 55.1 Å². The SMILES string of the molecule is Cc1c(F)cc(C(N)=O)cc1NC1CCCCCC1. The zero-order chi connectivity index (χ0) is 13.8. The fraction of sp³-hybridized carbons (Fsp3) is 0.533. The Morgan fingerprint density at radius 2 is 1.89 bits per heavy atom. The number of nitrogens with two attached hydrogens (primary N) is 1. The number of nitrogens with one attached hydrogen (secondary N) is 1. The first-order chi connectivity index (χ1) is 9.08. The van der Waals surface area contributed by atoms with Crippen LogP contribution in [0.15, 0.2) is 12.1 Å². The second-order valence-electron chi connectivity index (χ2n) is 5.33. The molecule has 1 aromatic carbocycles. The molecule has 1 fully saturated rings. The van der Waals surface area contributed by atoms with E-state index in [0.717, 1.165) is 12.8 Å². The maximum atomic E-state index is 13.8. The van der Waals surface area contributed by atoms with E-state index in [1.807, 2.05) is 0 Å². The minimum absolute atomic E-state index is 0.222. The summed E-state index contributed by atoms with van der Waals surface area (Å²) in [6, 6.07) is 3.23.